The van der Waals surface area contributed by atoms with Gasteiger partial charge in [0.05, 0.1) is 13.2 Å². The van der Waals surface area contributed by atoms with E-state index in [1.807, 2.05) is 30.3 Å². The van der Waals surface area contributed by atoms with Gasteiger partial charge in [0.2, 0.25) is 17.7 Å². The third-order valence-electron chi connectivity index (χ3n) is 4.93. The molecule has 2 aromatic carbocycles. The van der Waals surface area contributed by atoms with Crippen molar-refractivity contribution in [2.24, 2.45) is 0 Å². The molecule has 4 rings (SSSR count). The third kappa shape index (κ3) is 4.86. The van der Waals surface area contributed by atoms with E-state index in [1.54, 1.807) is 17.0 Å². The largest absolute Gasteiger partial charge is 0.421 e. The van der Waals surface area contributed by atoms with Gasteiger partial charge in [-0.25, -0.2) is 4.39 Å². The highest BCUT2D eigenvalue weighted by Gasteiger charge is 2.25. The molecule has 1 fully saturated rings. The molecular weight excluding hydrogens is 373 g/mol. The fraction of sp³-hybridized carbons (Fsp3) is 0.318. The van der Waals surface area contributed by atoms with Crippen molar-refractivity contribution in [2.45, 2.75) is 25.4 Å². The van der Waals surface area contributed by atoms with Crippen LogP contribution in [0.25, 0.3) is 11.5 Å². The number of aryl methyl sites for hydroxylation is 1. The van der Waals surface area contributed by atoms with Crippen LogP contribution in [-0.2, 0) is 16.0 Å². The van der Waals surface area contributed by atoms with E-state index in [1.165, 1.54) is 12.1 Å². The molecule has 0 aliphatic carbocycles. The second-order valence-electron chi connectivity index (χ2n) is 6.97. The Bertz CT molecular complexity index is 943. The summed E-state index contributed by atoms with van der Waals surface area (Å²) in [5, 5.41) is 8.14. The molecule has 2 heterocycles. The molecule has 1 aromatic heterocycles. The van der Waals surface area contributed by atoms with Crippen LogP contribution >= 0.6 is 0 Å². The molecule has 1 saturated heterocycles. The lowest BCUT2D eigenvalue weighted by Gasteiger charge is -2.33. The van der Waals surface area contributed by atoms with Crippen molar-refractivity contribution in [1.29, 1.82) is 0 Å². The molecule has 3 aromatic rings. The first-order valence-electron chi connectivity index (χ1n) is 9.72. The van der Waals surface area contributed by atoms with E-state index < -0.39 is 0 Å². The van der Waals surface area contributed by atoms with Gasteiger partial charge in [0.25, 0.3) is 0 Å². The Morgan fingerprint density at radius 1 is 1.10 bits per heavy atom. The lowest BCUT2D eigenvalue weighted by molar-refractivity contribution is -0.139. The van der Waals surface area contributed by atoms with E-state index in [-0.39, 0.29) is 17.8 Å². The quantitative estimate of drug-likeness (QED) is 0.635. The van der Waals surface area contributed by atoms with Crippen LogP contribution in [0.1, 0.15) is 30.4 Å². The summed E-state index contributed by atoms with van der Waals surface area (Å²) in [6, 6.07) is 15.8. The number of amides is 1. The summed E-state index contributed by atoms with van der Waals surface area (Å²) in [5.74, 6) is 0.808. The summed E-state index contributed by atoms with van der Waals surface area (Å²) in [5.41, 5.74) is 1.76. The molecule has 1 amide bonds. The Kier molecular flexibility index (Phi) is 5.95. The second kappa shape index (κ2) is 8.96. The summed E-state index contributed by atoms with van der Waals surface area (Å²) in [4.78, 5) is 14.4. The zero-order valence-electron chi connectivity index (χ0n) is 16.0. The fourth-order valence-electron chi connectivity index (χ4n) is 3.36. The molecule has 1 atom stereocenters. The van der Waals surface area contributed by atoms with E-state index in [9.17, 15) is 9.18 Å². The van der Waals surface area contributed by atoms with E-state index >= 15 is 0 Å². The van der Waals surface area contributed by atoms with Crippen molar-refractivity contribution in [2.75, 3.05) is 19.7 Å². The first-order valence-corrected chi connectivity index (χ1v) is 9.72. The minimum atomic E-state index is -0.283. The van der Waals surface area contributed by atoms with Gasteiger partial charge in [0.15, 0.2) is 0 Å². The molecule has 0 N–H and O–H groups in total. The number of carbonyl (C=O) groups excluding carboxylic acids is 1. The van der Waals surface area contributed by atoms with E-state index in [0.29, 0.717) is 50.7 Å². The number of ether oxygens (including phenoxy) is 1. The van der Waals surface area contributed by atoms with Crippen LogP contribution in [-0.4, -0.2) is 40.7 Å². The van der Waals surface area contributed by atoms with Gasteiger partial charge >= 0.3 is 0 Å². The normalized spacial score (nSPS) is 16.7. The molecule has 0 spiro atoms. The number of morpholine rings is 1. The first-order chi connectivity index (χ1) is 14.2. The monoisotopic (exact) mass is 395 g/mol. The van der Waals surface area contributed by atoms with Gasteiger partial charge in [0.1, 0.15) is 11.9 Å². The zero-order chi connectivity index (χ0) is 20.1. The summed E-state index contributed by atoms with van der Waals surface area (Å²) < 4.78 is 24.6. The molecule has 6 nitrogen and oxygen atoms in total. The van der Waals surface area contributed by atoms with Crippen LogP contribution in [0.2, 0.25) is 0 Å². The second-order valence-corrected chi connectivity index (χ2v) is 6.97. The van der Waals surface area contributed by atoms with Gasteiger partial charge in [-0.2, -0.15) is 0 Å². The predicted octanol–water partition coefficient (Wildman–Crippen LogP) is 3.80. The van der Waals surface area contributed by atoms with Gasteiger partial charge < -0.3 is 14.1 Å². The highest BCUT2D eigenvalue weighted by Crippen LogP contribution is 2.23. The van der Waals surface area contributed by atoms with Crippen LogP contribution in [0.3, 0.4) is 0 Å². The van der Waals surface area contributed by atoms with Crippen LogP contribution < -0.4 is 0 Å². The molecule has 1 unspecified atom stereocenters. The molecule has 0 radical (unpaired) electrons. The van der Waals surface area contributed by atoms with Crippen molar-refractivity contribution in [1.82, 2.24) is 15.1 Å². The standard InChI is InChI=1S/C22H22FN3O3/c23-18-11-9-16(10-12-18)19-15-26(13-14-28-19)21(27)8-4-7-20-24-25-22(29-20)17-5-2-1-3-6-17/h1-3,5-6,9-12,19H,4,7-8,13-15H2. The van der Waals surface area contributed by atoms with Gasteiger partial charge in [-0.15, -0.1) is 10.2 Å². The first kappa shape index (κ1) is 19.3. The summed E-state index contributed by atoms with van der Waals surface area (Å²) in [6.07, 6.45) is 1.36. The molecule has 1 aliphatic rings. The Morgan fingerprint density at radius 2 is 1.90 bits per heavy atom. The lowest BCUT2D eigenvalue weighted by atomic mass is 10.1. The predicted molar refractivity (Wildman–Crippen MR) is 104 cm³/mol. The molecule has 0 saturated carbocycles. The van der Waals surface area contributed by atoms with Crippen LogP contribution in [0, 0.1) is 5.82 Å². The maximum atomic E-state index is 13.1. The van der Waals surface area contributed by atoms with Crippen molar-refractivity contribution >= 4 is 5.91 Å². The Morgan fingerprint density at radius 3 is 2.69 bits per heavy atom. The highest BCUT2D eigenvalue weighted by atomic mass is 19.1. The molecule has 29 heavy (non-hydrogen) atoms. The van der Waals surface area contributed by atoms with Gasteiger partial charge in [-0.05, 0) is 36.2 Å². The maximum Gasteiger partial charge on any atom is 0.247 e. The van der Waals surface area contributed by atoms with E-state index in [4.69, 9.17) is 9.15 Å². The topological polar surface area (TPSA) is 68.5 Å². The third-order valence-corrected chi connectivity index (χ3v) is 4.93. The molecule has 1 aliphatic heterocycles. The Labute approximate surface area is 168 Å². The average Bonchev–Trinajstić information content (AvgIpc) is 3.24. The number of aromatic nitrogens is 2. The van der Waals surface area contributed by atoms with Gasteiger partial charge in [0, 0.05) is 24.9 Å². The average molecular weight is 395 g/mol. The number of benzene rings is 2. The summed E-state index contributed by atoms with van der Waals surface area (Å²) in [7, 11) is 0. The number of hydrogen-bond acceptors (Lipinski definition) is 5. The zero-order valence-corrected chi connectivity index (χ0v) is 16.0. The Hall–Kier alpha value is -3.06. The van der Waals surface area contributed by atoms with Crippen LogP contribution in [0.15, 0.2) is 59.0 Å². The number of nitrogens with zero attached hydrogens (tertiary/aromatic N) is 3. The van der Waals surface area contributed by atoms with Crippen molar-refractivity contribution < 1.29 is 18.3 Å². The van der Waals surface area contributed by atoms with Crippen molar-refractivity contribution in [3.05, 3.63) is 71.9 Å². The summed E-state index contributed by atoms with van der Waals surface area (Å²) in [6.45, 7) is 1.51. The van der Waals surface area contributed by atoms with E-state index in [0.717, 1.165) is 11.1 Å². The van der Waals surface area contributed by atoms with E-state index in [2.05, 4.69) is 10.2 Å². The molecule has 150 valence electrons. The highest BCUT2D eigenvalue weighted by molar-refractivity contribution is 5.76. The minimum Gasteiger partial charge on any atom is -0.421 e. The lowest BCUT2D eigenvalue weighted by Crippen LogP contribution is -2.42. The number of hydrogen-bond donors (Lipinski definition) is 0. The maximum absolute atomic E-state index is 13.1. The SMILES string of the molecule is O=C(CCCc1nnc(-c2ccccc2)o1)N1CCOC(c2ccc(F)cc2)C1. The Balaban J connectivity index is 1.27. The van der Waals surface area contributed by atoms with Crippen LogP contribution in [0.5, 0.6) is 0 Å². The fourth-order valence-corrected chi connectivity index (χ4v) is 3.36. The molecule has 7 heteroatoms. The van der Waals surface area contributed by atoms with Gasteiger partial charge in [-0.3, -0.25) is 4.79 Å². The van der Waals surface area contributed by atoms with Gasteiger partial charge in [-0.1, -0.05) is 30.3 Å². The minimum absolute atomic E-state index is 0.0724. The summed E-state index contributed by atoms with van der Waals surface area (Å²) >= 11 is 0. The molecular formula is C22H22FN3O3. The van der Waals surface area contributed by atoms with Crippen molar-refractivity contribution in [3.63, 3.8) is 0 Å². The smallest absolute Gasteiger partial charge is 0.247 e. The number of carbonyl (C=O) groups is 1. The number of halogens is 1. The van der Waals surface area contributed by atoms with Crippen molar-refractivity contribution in [3.8, 4) is 11.5 Å². The number of rotatable bonds is 6. The molecule has 0 bridgehead atoms. The van der Waals surface area contributed by atoms with Crippen LogP contribution in [0.4, 0.5) is 4.39 Å².